The van der Waals surface area contributed by atoms with Gasteiger partial charge in [0.05, 0.1) is 10.5 Å². The summed E-state index contributed by atoms with van der Waals surface area (Å²) in [5.74, 6) is 0.0858. The SMILES string of the molecule is N#Cc1ccccc1S(=O)(=O)N1CCC(C(=O)Nc2c(-c3ccccc3)nc3ccccn23)CC1. The molecule has 176 valence electrons. The van der Waals surface area contributed by atoms with E-state index in [9.17, 15) is 18.5 Å². The maximum Gasteiger partial charge on any atom is 0.244 e. The van der Waals surface area contributed by atoms with Crippen LogP contribution in [0.4, 0.5) is 5.82 Å². The number of nitrogens with zero attached hydrogens (tertiary/aromatic N) is 4. The smallest absolute Gasteiger partial charge is 0.244 e. The molecule has 1 amide bonds. The number of benzene rings is 2. The van der Waals surface area contributed by atoms with E-state index in [0.29, 0.717) is 24.4 Å². The molecule has 4 aromatic rings. The maximum absolute atomic E-state index is 13.3. The summed E-state index contributed by atoms with van der Waals surface area (Å²) in [5, 5.41) is 12.4. The van der Waals surface area contributed by atoms with E-state index in [-0.39, 0.29) is 35.4 Å². The summed E-state index contributed by atoms with van der Waals surface area (Å²) in [6, 6.07) is 23.4. The number of pyridine rings is 1. The Hall–Kier alpha value is -4.00. The minimum Gasteiger partial charge on any atom is -0.310 e. The van der Waals surface area contributed by atoms with Gasteiger partial charge in [-0.25, -0.2) is 13.4 Å². The first-order valence-corrected chi connectivity index (χ1v) is 12.8. The summed E-state index contributed by atoms with van der Waals surface area (Å²) in [6.45, 7) is 0.414. The molecule has 35 heavy (non-hydrogen) atoms. The van der Waals surface area contributed by atoms with Crippen LogP contribution in [0.2, 0.25) is 0 Å². The minimum absolute atomic E-state index is 0.00336. The van der Waals surface area contributed by atoms with Crippen LogP contribution in [0.3, 0.4) is 0 Å². The number of nitriles is 1. The Morgan fingerprint density at radius 3 is 2.40 bits per heavy atom. The molecule has 5 rings (SSSR count). The Labute approximate surface area is 203 Å². The molecule has 8 nitrogen and oxygen atoms in total. The number of hydrogen-bond donors (Lipinski definition) is 1. The van der Waals surface area contributed by atoms with Gasteiger partial charge in [-0.2, -0.15) is 9.57 Å². The Bertz CT molecular complexity index is 1530. The highest BCUT2D eigenvalue weighted by atomic mass is 32.2. The maximum atomic E-state index is 13.3. The van der Waals surface area contributed by atoms with Crippen LogP contribution in [0, 0.1) is 17.2 Å². The number of amides is 1. The number of hydrogen-bond acceptors (Lipinski definition) is 5. The highest BCUT2D eigenvalue weighted by Crippen LogP contribution is 2.31. The lowest BCUT2D eigenvalue weighted by Gasteiger charge is -2.30. The Morgan fingerprint density at radius 1 is 0.971 bits per heavy atom. The molecule has 3 heterocycles. The van der Waals surface area contributed by atoms with Crippen molar-refractivity contribution in [1.82, 2.24) is 13.7 Å². The van der Waals surface area contributed by atoms with E-state index in [1.54, 1.807) is 12.1 Å². The van der Waals surface area contributed by atoms with Gasteiger partial charge in [-0.3, -0.25) is 9.20 Å². The molecular formula is C26H23N5O3S. The van der Waals surface area contributed by atoms with E-state index in [0.717, 1.165) is 11.2 Å². The monoisotopic (exact) mass is 485 g/mol. The fourth-order valence-corrected chi connectivity index (χ4v) is 6.02. The van der Waals surface area contributed by atoms with Crippen molar-refractivity contribution in [3.05, 3.63) is 84.6 Å². The van der Waals surface area contributed by atoms with Crippen molar-refractivity contribution in [3.8, 4) is 17.3 Å². The molecule has 1 aliphatic heterocycles. The zero-order valence-electron chi connectivity index (χ0n) is 18.8. The number of rotatable bonds is 5. The molecule has 2 aromatic heterocycles. The number of imidazole rings is 1. The number of carbonyl (C=O) groups is 1. The second kappa shape index (κ2) is 9.33. The molecule has 2 aromatic carbocycles. The van der Waals surface area contributed by atoms with Crippen molar-refractivity contribution in [1.29, 1.82) is 5.26 Å². The van der Waals surface area contributed by atoms with Gasteiger partial charge in [-0.05, 0) is 37.1 Å². The Morgan fingerprint density at radius 2 is 1.66 bits per heavy atom. The van der Waals surface area contributed by atoms with E-state index < -0.39 is 10.0 Å². The number of carbonyl (C=O) groups excluding carboxylic acids is 1. The van der Waals surface area contributed by atoms with Crippen molar-refractivity contribution in [2.24, 2.45) is 5.92 Å². The van der Waals surface area contributed by atoms with Gasteiger partial charge >= 0.3 is 0 Å². The normalized spacial score (nSPS) is 15.1. The molecule has 1 saturated heterocycles. The Balaban J connectivity index is 1.35. The third-order valence-electron chi connectivity index (χ3n) is 6.27. The van der Waals surface area contributed by atoms with Crippen molar-refractivity contribution >= 4 is 27.4 Å². The van der Waals surface area contributed by atoms with Crippen molar-refractivity contribution in [2.45, 2.75) is 17.7 Å². The molecule has 1 N–H and O–H groups in total. The van der Waals surface area contributed by atoms with Gasteiger partial charge in [0.25, 0.3) is 0 Å². The third kappa shape index (κ3) is 4.30. The minimum atomic E-state index is -3.81. The summed E-state index contributed by atoms with van der Waals surface area (Å²) in [5.41, 5.74) is 2.41. The molecule has 0 spiro atoms. The highest BCUT2D eigenvalue weighted by molar-refractivity contribution is 7.89. The highest BCUT2D eigenvalue weighted by Gasteiger charge is 2.33. The summed E-state index contributed by atoms with van der Waals surface area (Å²) < 4.78 is 29.4. The van der Waals surface area contributed by atoms with Crippen molar-refractivity contribution in [3.63, 3.8) is 0 Å². The van der Waals surface area contributed by atoms with Crippen LogP contribution in [-0.2, 0) is 14.8 Å². The molecule has 0 saturated carbocycles. The molecule has 0 atom stereocenters. The predicted molar refractivity (Wildman–Crippen MR) is 132 cm³/mol. The molecule has 1 aliphatic rings. The van der Waals surface area contributed by atoms with Gasteiger partial charge in [0.1, 0.15) is 23.2 Å². The number of nitrogens with one attached hydrogen (secondary N) is 1. The van der Waals surface area contributed by atoms with Crippen molar-refractivity contribution < 1.29 is 13.2 Å². The molecular weight excluding hydrogens is 462 g/mol. The van der Waals surface area contributed by atoms with Gasteiger partial charge in [0, 0.05) is 30.8 Å². The summed E-state index contributed by atoms with van der Waals surface area (Å²) >= 11 is 0. The van der Waals surface area contributed by atoms with E-state index in [1.807, 2.05) is 65.2 Å². The molecule has 0 unspecified atom stereocenters. The first-order valence-electron chi connectivity index (χ1n) is 11.3. The average Bonchev–Trinajstić information content (AvgIpc) is 3.27. The number of fused-ring (bicyclic) bond motifs is 1. The van der Waals surface area contributed by atoms with Gasteiger partial charge in [0.15, 0.2) is 0 Å². The molecule has 0 aliphatic carbocycles. The van der Waals surface area contributed by atoms with Crippen LogP contribution in [0.1, 0.15) is 18.4 Å². The average molecular weight is 486 g/mol. The lowest BCUT2D eigenvalue weighted by Crippen LogP contribution is -2.41. The molecule has 0 radical (unpaired) electrons. The van der Waals surface area contributed by atoms with Gasteiger partial charge in [-0.1, -0.05) is 48.5 Å². The molecule has 1 fully saturated rings. The lowest BCUT2D eigenvalue weighted by atomic mass is 9.97. The second-order valence-electron chi connectivity index (χ2n) is 8.38. The van der Waals surface area contributed by atoms with E-state index in [4.69, 9.17) is 4.98 Å². The molecule has 9 heteroatoms. The number of piperidine rings is 1. The quantitative estimate of drug-likeness (QED) is 0.461. The fourth-order valence-electron chi connectivity index (χ4n) is 4.41. The fraction of sp³-hybridized carbons (Fsp3) is 0.192. The van der Waals surface area contributed by atoms with Crippen LogP contribution < -0.4 is 5.32 Å². The van der Waals surface area contributed by atoms with E-state index in [1.165, 1.54) is 16.4 Å². The Kier molecular flexibility index (Phi) is 6.07. The summed E-state index contributed by atoms with van der Waals surface area (Å²) in [6.07, 6.45) is 2.63. The summed E-state index contributed by atoms with van der Waals surface area (Å²) in [7, 11) is -3.81. The van der Waals surface area contributed by atoms with Crippen molar-refractivity contribution in [2.75, 3.05) is 18.4 Å². The van der Waals surface area contributed by atoms with Crippen LogP contribution in [0.15, 0.2) is 83.9 Å². The lowest BCUT2D eigenvalue weighted by molar-refractivity contribution is -0.120. The number of anilines is 1. The molecule has 0 bridgehead atoms. The first-order chi connectivity index (χ1) is 17.0. The largest absolute Gasteiger partial charge is 0.310 e. The van der Waals surface area contributed by atoms with Gasteiger partial charge in [-0.15, -0.1) is 0 Å². The number of aromatic nitrogens is 2. The van der Waals surface area contributed by atoms with Crippen LogP contribution in [-0.4, -0.2) is 41.1 Å². The zero-order chi connectivity index (χ0) is 24.4. The van der Waals surface area contributed by atoms with Gasteiger partial charge in [0.2, 0.25) is 15.9 Å². The predicted octanol–water partition coefficient (Wildman–Crippen LogP) is 3.91. The van der Waals surface area contributed by atoms with E-state index in [2.05, 4.69) is 5.32 Å². The zero-order valence-corrected chi connectivity index (χ0v) is 19.6. The first kappa shape index (κ1) is 22.8. The van der Waals surface area contributed by atoms with Crippen LogP contribution >= 0.6 is 0 Å². The van der Waals surface area contributed by atoms with Gasteiger partial charge < -0.3 is 5.32 Å². The van der Waals surface area contributed by atoms with E-state index >= 15 is 0 Å². The topological polar surface area (TPSA) is 108 Å². The second-order valence-corrected chi connectivity index (χ2v) is 10.3. The number of sulfonamides is 1. The standard InChI is InChI=1S/C26H23N5O3S/c27-18-21-10-4-5-11-22(21)35(33,34)30-16-13-20(14-17-30)26(32)29-25-24(19-8-2-1-3-9-19)28-23-12-6-7-15-31(23)25/h1-12,15,20H,13-14,16-17H2,(H,29,32). The van der Waals surface area contributed by atoms with Crippen LogP contribution in [0.5, 0.6) is 0 Å². The third-order valence-corrected chi connectivity index (χ3v) is 8.23. The van der Waals surface area contributed by atoms with Crippen LogP contribution in [0.25, 0.3) is 16.9 Å². The summed E-state index contributed by atoms with van der Waals surface area (Å²) in [4.78, 5) is 18.0.